The minimum atomic E-state index is -4.89. The number of fused-ring (bicyclic) bond motifs is 1. The van der Waals surface area contributed by atoms with Crippen LogP contribution in [0.25, 0.3) is 5.65 Å². The number of hydrogen-bond donors (Lipinski definition) is 1. The van der Waals surface area contributed by atoms with Gasteiger partial charge in [0, 0.05) is 38.1 Å². The number of rotatable bonds is 2. The fourth-order valence-electron chi connectivity index (χ4n) is 3.58. The highest BCUT2D eigenvalue weighted by molar-refractivity contribution is 5.69. The van der Waals surface area contributed by atoms with E-state index >= 15 is 0 Å². The van der Waals surface area contributed by atoms with E-state index in [9.17, 15) is 36.4 Å². The van der Waals surface area contributed by atoms with E-state index in [4.69, 9.17) is 0 Å². The average Bonchev–Trinajstić information content (AvgIpc) is 3.12. The van der Waals surface area contributed by atoms with Crippen LogP contribution < -0.4 is 15.4 Å². The minimum Gasteiger partial charge on any atom is -0.368 e. The number of benzene rings is 1. The lowest BCUT2D eigenvalue weighted by molar-refractivity contribution is -0.139. The predicted molar refractivity (Wildman–Crippen MR) is 101 cm³/mol. The molecule has 32 heavy (non-hydrogen) atoms. The van der Waals surface area contributed by atoms with Gasteiger partial charge in [0.25, 0.3) is 5.56 Å². The number of aromatic amines is 1. The Labute approximate surface area is 176 Å². The normalized spacial score (nSPS) is 15.3. The number of piperazine rings is 1. The van der Waals surface area contributed by atoms with Gasteiger partial charge in [-0.05, 0) is 24.3 Å². The summed E-state index contributed by atoms with van der Waals surface area (Å²) in [5.74, 6) is 0.156. The minimum absolute atomic E-state index is 0.0706. The predicted octanol–water partition coefficient (Wildman–Crippen LogP) is 3.26. The molecule has 2 aromatic heterocycles. The topological polar surface area (TPSA) is 80.4 Å². The molecule has 1 saturated heterocycles. The number of hydrogen-bond acceptors (Lipinski definition) is 5. The molecule has 168 valence electrons. The second kappa shape index (κ2) is 7.47. The Hall–Kier alpha value is -3.69. The van der Waals surface area contributed by atoms with Gasteiger partial charge in [0.15, 0.2) is 5.65 Å². The molecule has 1 fully saturated rings. The summed E-state index contributed by atoms with van der Waals surface area (Å²) >= 11 is 0. The lowest BCUT2D eigenvalue weighted by Gasteiger charge is -2.36. The Morgan fingerprint density at radius 2 is 1.53 bits per heavy atom. The van der Waals surface area contributed by atoms with Gasteiger partial charge >= 0.3 is 12.4 Å². The molecule has 0 atom stereocenters. The zero-order chi connectivity index (χ0) is 23.3. The molecule has 0 amide bonds. The molecule has 7 nitrogen and oxygen atoms in total. The van der Waals surface area contributed by atoms with Crippen LogP contribution in [-0.4, -0.2) is 40.8 Å². The van der Waals surface area contributed by atoms with Crippen molar-refractivity contribution in [2.75, 3.05) is 36.0 Å². The summed E-state index contributed by atoms with van der Waals surface area (Å²) in [7, 11) is 0. The van der Waals surface area contributed by atoms with Crippen molar-refractivity contribution in [1.29, 1.82) is 5.26 Å². The number of alkyl halides is 6. The molecular weight excluding hydrogens is 442 g/mol. The maximum atomic E-state index is 13.0. The molecule has 1 aliphatic heterocycles. The van der Waals surface area contributed by atoms with E-state index in [1.54, 1.807) is 4.90 Å². The summed E-state index contributed by atoms with van der Waals surface area (Å²) in [4.78, 5) is 19.4. The van der Waals surface area contributed by atoms with Crippen molar-refractivity contribution >= 4 is 17.2 Å². The lowest BCUT2D eigenvalue weighted by Crippen LogP contribution is -2.47. The van der Waals surface area contributed by atoms with Gasteiger partial charge in [-0.15, -0.1) is 0 Å². The number of nitrogens with one attached hydrogen (secondary N) is 1. The largest absolute Gasteiger partial charge is 0.423 e. The third kappa shape index (κ3) is 3.72. The second-order valence-corrected chi connectivity index (χ2v) is 7.10. The Morgan fingerprint density at radius 1 is 0.938 bits per heavy atom. The van der Waals surface area contributed by atoms with Gasteiger partial charge in [0.1, 0.15) is 23.0 Å². The molecule has 1 aromatic carbocycles. The van der Waals surface area contributed by atoms with Gasteiger partial charge in [-0.1, -0.05) is 0 Å². The standard InChI is InChI=1S/C19H14F6N6O/c20-18(21,22)11-1-3-12(4-2-11)29-5-7-30(8-6-29)16-13(9-26)15-27-10-14(19(23,24)25)17(32)31(15)28-16/h1-4,10,28H,5-8H2. The maximum Gasteiger partial charge on any atom is 0.423 e. The summed E-state index contributed by atoms with van der Waals surface area (Å²) in [6, 6.07) is 6.58. The van der Waals surface area contributed by atoms with Crippen LogP contribution in [0.1, 0.15) is 16.7 Å². The zero-order valence-electron chi connectivity index (χ0n) is 16.1. The van der Waals surface area contributed by atoms with E-state index in [2.05, 4.69) is 10.1 Å². The van der Waals surface area contributed by atoms with Crippen LogP contribution in [0, 0.1) is 11.3 Å². The van der Waals surface area contributed by atoms with E-state index in [1.165, 1.54) is 12.1 Å². The first-order chi connectivity index (χ1) is 15.0. The Bertz CT molecular complexity index is 1240. The summed E-state index contributed by atoms with van der Waals surface area (Å²) in [5, 5.41) is 12.0. The van der Waals surface area contributed by atoms with Crippen molar-refractivity contribution < 1.29 is 26.3 Å². The van der Waals surface area contributed by atoms with E-state index in [-0.39, 0.29) is 17.0 Å². The Balaban J connectivity index is 1.58. The van der Waals surface area contributed by atoms with Crippen LogP contribution in [0.4, 0.5) is 37.8 Å². The van der Waals surface area contributed by atoms with Crippen molar-refractivity contribution in [3.63, 3.8) is 0 Å². The third-order valence-corrected chi connectivity index (χ3v) is 5.21. The van der Waals surface area contributed by atoms with Crippen molar-refractivity contribution in [1.82, 2.24) is 14.6 Å². The van der Waals surface area contributed by atoms with Gasteiger partial charge < -0.3 is 9.80 Å². The van der Waals surface area contributed by atoms with Gasteiger partial charge in [0.05, 0.1) is 5.56 Å². The quantitative estimate of drug-likeness (QED) is 0.599. The first kappa shape index (κ1) is 21.5. The monoisotopic (exact) mass is 456 g/mol. The van der Waals surface area contributed by atoms with E-state index in [1.807, 2.05) is 11.0 Å². The molecule has 3 aromatic rings. The molecule has 0 bridgehead atoms. The first-order valence-electron chi connectivity index (χ1n) is 9.29. The molecule has 4 rings (SSSR count). The summed E-state index contributed by atoms with van der Waals surface area (Å²) in [5.41, 5.74) is -3.28. The highest BCUT2D eigenvalue weighted by atomic mass is 19.4. The summed E-state index contributed by atoms with van der Waals surface area (Å²) < 4.78 is 77.8. The summed E-state index contributed by atoms with van der Waals surface area (Å²) in [6.45, 7) is 1.37. The number of anilines is 2. The van der Waals surface area contributed by atoms with E-state index in [0.717, 1.165) is 12.1 Å². The molecule has 13 heteroatoms. The molecule has 1 aliphatic rings. The highest BCUT2D eigenvalue weighted by Gasteiger charge is 2.36. The second-order valence-electron chi connectivity index (χ2n) is 7.10. The molecule has 0 spiro atoms. The van der Waals surface area contributed by atoms with E-state index < -0.39 is 29.0 Å². The smallest absolute Gasteiger partial charge is 0.368 e. The SMILES string of the molecule is N#Cc1c(N2CCN(c3ccc(C(F)(F)F)cc3)CC2)[nH]n2c(=O)c(C(F)(F)F)cnc12. The zero-order valence-corrected chi connectivity index (χ0v) is 16.1. The van der Waals surface area contributed by atoms with Crippen LogP contribution in [-0.2, 0) is 12.4 Å². The first-order valence-corrected chi connectivity index (χ1v) is 9.29. The Morgan fingerprint density at radius 3 is 2.06 bits per heavy atom. The molecule has 3 heterocycles. The molecule has 0 radical (unpaired) electrons. The lowest BCUT2D eigenvalue weighted by atomic mass is 10.1. The highest BCUT2D eigenvalue weighted by Crippen LogP contribution is 2.31. The molecular formula is C19H14F6N6O. The third-order valence-electron chi connectivity index (χ3n) is 5.21. The number of H-pyrrole nitrogens is 1. The van der Waals surface area contributed by atoms with Crippen molar-refractivity contribution in [2.24, 2.45) is 0 Å². The average molecular weight is 456 g/mol. The van der Waals surface area contributed by atoms with Crippen LogP contribution >= 0.6 is 0 Å². The van der Waals surface area contributed by atoms with Crippen LogP contribution in [0.15, 0.2) is 35.3 Å². The fraction of sp³-hybridized carbons (Fsp3) is 0.316. The van der Waals surface area contributed by atoms with Crippen LogP contribution in [0.3, 0.4) is 0 Å². The van der Waals surface area contributed by atoms with Crippen molar-refractivity contribution in [3.05, 3.63) is 57.5 Å². The number of nitriles is 1. The maximum absolute atomic E-state index is 13.0. The molecule has 1 N–H and O–H groups in total. The fourth-order valence-corrected chi connectivity index (χ4v) is 3.58. The van der Waals surface area contributed by atoms with Gasteiger partial charge in [-0.25, -0.2) is 4.98 Å². The van der Waals surface area contributed by atoms with Crippen LogP contribution in [0.2, 0.25) is 0 Å². The number of halogens is 6. The number of aromatic nitrogens is 3. The van der Waals surface area contributed by atoms with Gasteiger partial charge in [-0.3, -0.25) is 9.89 Å². The van der Waals surface area contributed by atoms with Crippen molar-refractivity contribution in [3.8, 4) is 6.07 Å². The van der Waals surface area contributed by atoms with E-state index in [0.29, 0.717) is 42.6 Å². The van der Waals surface area contributed by atoms with Gasteiger partial charge in [0.2, 0.25) is 0 Å². The molecule has 0 saturated carbocycles. The Kier molecular flexibility index (Phi) is 5.03. The number of nitrogens with zero attached hydrogens (tertiary/aromatic N) is 5. The van der Waals surface area contributed by atoms with Crippen molar-refractivity contribution in [2.45, 2.75) is 12.4 Å². The molecule has 0 aliphatic carbocycles. The summed E-state index contributed by atoms with van der Waals surface area (Å²) in [6.07, 6.45) is -8.92. The van der Waals surface area contributed by atoms with Crippen LogP contribution in [0.5, 0.6) is 0 Å². The molecule has 0 unspecified atom stereocenters. The van der Waals surface area contributed by atoms with Gasteiger partial charge in [-0.2, -0.15) is 36.1 Å².